The molecule has 0 fully saturated rings. The molecule has 0 aliphatic carbocycles. The summed E-state index contributed by atoms with van der Waals surface area (Å²) < 4.78 is 52.2. The molecule has 4 aromatic rings. The minimum absolute atomic E-state index is 0.00240. The first-order chi connectivity index (χ1) is 22.1. The second-order valence-electron chi connectivity index (χ2n) is 10.4. The van der Waals surface area contributed by atoms with E-state index in [0.29, 0.717) is 41.2 Å². The number of nitrogens with zero attached hydrogens (tertiary/aromatic N) is 3. The highest BCUT2D eigenvalue weighted by Crippen LogP contribution is 2.48. The van der Waals surface area contributed by atoms with Crippen molar-refractivity contribution < 1.29 is 42.1 Å². The highest BCUT2D eigenvalue weighted by Gasteiger charge is 2.27. The van der Waals surface area contributed by atoms with Gasteiger partial charge < -0.3 is 34.1 Å². The van der Waals surface area contributed by atoms with E-state index in [9.17, 15) is 18.8 Å². The van der Waals surface area contributed by atoms with Crippen molar-refractivity contribution in [2.75, 3.05) is 37.6 Å². The fourth-order valence-electron chi connectivity index (χ4n) is 4.63. The Morgan fingerprint density at radius 3 is 2.43 bits per heavy atom. The lowest BCUT2D eigenvalue weighted by Gasteiger charge is -2.23. The first kappa shape index (κ1) is 31.7. The van der Waals surface area contributed by atoms with Crippen LogP contribution in [0.1, 0.15) is 13.8 Å². The number of likely N-dealkylation sites (N-methyl/N-ethyl adjacent to an activating group) is 1. The van der Waals surface area contributed by atoms with Crippen molar-refractivity contribution in [1.82, 2.24) is 9.88 Å². The number of hydrogen-bond donors (Lipinski definition) is 1. The summed E-state index contributed by atoms with van der Waals surface area (Å²) in [6.07, 6.45) is 3.05. The number of benzene rings is 3. The van der Waals surface area contributed by atoms with Crippen LogP contribution in [-0.4, -0.2) is 61.5 Å². The maximum Gasteiger partial charge on any atom is 0.265 e. The molecule has 11 nitrogen and oxygen atoms in total. The van der Waals surface area contributed by atoms with Crippen molar-refractivity contribution >= 4 is 40.5 Å². The lowest BCUT2D eigenvalue weighted by Crippen LogP contribution is -2.35. The second kappa shape index (κ2) is 13.5. The Balaban J connectivity index is 1.42. The van der Waals surface area contributed by atoms with Gasteiger partial charge in [-0.05, 0) is 50.2 Å². The van der Waals surface area contributed by atoms with E-state index in [0.717, 1.165) is 28.1 Å². The zero-order valence-corrected chi connectivity index (χ0v) is 25.4. The Labute approximate surface area is 262 Å². The molecule has 1 aliphatic heterocycles. The van der Waals surface area contributed by atoms with Crippen LogP contribution in [0.5, 0.6) is 28.7 Å². The number of fused-ring (bicyclic) bond motifs is 3. The molecule has 0 spiro atoms. The first-order valence-corrected chi connectivity index (χ1v) is 14.1. The number of hydrogen-bond acceptors (Lipinski definition) is 8. The predicted octanol–water partition coefficient (Wildman–Crippen LogP) is 5.44. The second-order valence-corrected chi connectivity index (χ2v) is 10.4. The summed E-state index contributed by atoms with van der Waals surface area (Å²) in [4.78, 5) is 45.1. The largest absolute Gasteiger partial charge is 0.493 e. The van der Waals surface area contributed by atoms with E-state index in [4.69, 9.17) is 18.9 Å². The van der Waals surface area contributed by atoms with Gasteiger partial charge in [-0.25, -0.2) is 8.78 Å². The van der Waals surface area contributed by atoms with E-state index < -0.39 is 35.1 Å². The summed E-state index contributed by atoms with van der Waals surface area (Å²) in [7, 11) is 2.85. The third kappa shape index (κ3) is 6.53. The number of anilines is 2. The molecule has 1 aromatic heterocycles. The van der Waals surface area contributed by atoms with Crippen molar-refractivity contribution in [1.29, 1.82) is 0 Å². The minimum atomic E-state index is -0.924. The average Bonchev–Trinajstić information content (AvgIpc) is 3.05. The number of carbonyl (C=O) groups is 3. The van der Waals surface area contributed by atoms with Crippen molar-refractivity contribution in [2.45, 2.75) is 19.9 Å². The molecule has 13 heteroatoms. The van der Waals surface area contributed by atoms with Gasteiger partial charge in [0.15, 0.2) is 23.1 Å². The summed E-state index contributed by atoms with van der Waals surface area (Å²) in [6, 6.07) is 11.8. The van der Waals surface area contributed by atoms with Gasteiger partial charge >= 0.3 is 0 Å². The number of amides is 3. The van der Waals surface area contributed by atoms with Crippen LogP contribution in [0.15, 0.2) is 72.6 Å². The molecule has 5 rings (SSSR count). The monoisotopic (exact) mass is 632 g/mol. The quantitative estimate of drug-likeness (QED) is 0.106. The summed E-state index contributed by atoms with van der Waals surface area (Å²) in [5.74, 6) is -1.93. The van der Waals surface area contributed by atoms with Gasteiger partial charge in [-0.3, -0.25) is 19.4 Å². The molecular weight excluding hydrogens is 602 g/mol. The van der Waals surface area contributed by atoms with Crippen LogP contribution in [0.25, 0.3) is 10.9 Å². The normalized spacial score (nSPS) is 12.5. The molecule has 0 bridgehead atoms. The third-order valence-corrected chi connectivity index (χ3v) is 7.04. The Morgan fingerprint density at radius 2 is 1.76 bits per heavy atom. The number of methoxy groups -OCH3 is 1. The van der Waals surface area contributed by atoms with Crippen molar-refractivity contribution in [3.63, 3.8) is 0 Å². The Hall–Kier alpha value is -5.72. The summed E-state index contributed by atoms with van der Waals surface area (Å²) >= 11 is 0. The minimum Gasteiger partial charge on any atom is -0.493 e. The van der Waals surface area contributed by atoms with Crippen LogP contribution in [0, 0.1) is 11.6 Å². The average molecular weight is 633 g/mol. The molecule has 2 heterocycles. The molecular formula is C33H30F2N4O7. The van der Waals surface area contributed by atoms with Gasteiger partial charge in [-0.1, -0.05) is 6.07 Å². The standard InChI is InChI=1S/C33H30F2N4O7/c1-19(2)39(18-40)17-23(33(42)38(3)22-7-5-6-20(34)14-22)32(41)37-21-8-9-26(24(35)15-21)46-27-10-11-36-25-16-28(43-4)30-31(29(25)27)45-13-12-44-30/h5-11,14-19H,12-13H2,1-4H3,(H,37,41)/b23-17-. The zero-order chi connectivity index (χ0) is 33.0. The molecule has 1 N–H and O–H groups in total. The van der Waals surface area contributed by atoms with E-state index in [-0.39, 0.29) is 29.5 Å². The molecule has 3 aromatic carbocycles. The van der Waals surface area contributed by atoms with E-state index in [1.54, 1.807) is 26.0 Å². The fourth-order valence-corrected chi connectivity index (χ4v) is 4.63. The number of aromatic nitrogens is 1. The first-order valence-electron chi connectivity index (χ1n) is 14.1. The molecule has 0 atom stereocenters. The molecule has 0 unspecified atom stereocenters. The molecule has 46 heavy (non-hydrogen) atoms. The summed E-state index contributed by atoms with van der Waals surface area (Å²) in [5, 5.41) is 2.95. The van der Waals surface area contributed by atoms with E-state index >= 15 is 4.39 Å². The lowest BCUT2D eigenvalue weighted by molar-refractivity contribution is -0.119. The lowest BCUT2D eigenvalue weighted by atomic mass is 10.1. The van der Waals surface area contributed by atoms with Gasteiger partial charge in [0.2, 0.25) is 12.2 Å². The maximum absolute atomic E-state index is 15.4. The molecule has 0 saturated heterocycles. The number of carbonyl (C=O) groups excluding carboxylic acids is 3. The highest BCUT2D eigenvalue weighted by atomic mass is 19.1. The van der Waals surface area contributed by atoms with Crippen LogP contribution >= 0.6 is 0 Å². The van der Waals surface area contributed by atoms with Gasteiger partial charge in [0, 0.05) is 49.0 Å². The van der Waals surface area contributed by atoms with Gasteiger partial charge in [-0.2, -0.15) is 0 Å². The zero-order valence-electron chi connectivity index (χ0n) is 25.4. The van der Waals surface area contributed by atoms with Crippen LogP contribution in [0.4, 0.5) is 20.2 Å². The molecule has 0 radical (unpaired) electrons. The highest BCUT2D eigenvalue weighted by molar-refractivity contribution is 6.26. The molecule has 3 amide bonds. The number of halogens is 2. The van der Waals surface area contributed by atoms with Crippen molar-refractivity contribution in [3.05, 3.63) is 84.2 Å². The van der Waals surface area contributed by atoms with Gasteiger partial charge in [0.1, 0.15) is 30.4 Å². The van der Waals surface area contributed by atoms with Crippen LogP contribution in [0.3, 0.4) is 0 Å². The third-order valence-electron chi connectivity index (χ3n) is 7.04. The van der Waals surface area contributed by atoms with Gasteiger partial charge in [0.25, 0.3) is 11.8 Å². The van der Waals surface area contributed by atoms with Crippen molar-refractivity contribution in [2.24, 2.45) is 0 Å². The van der Waals surface area contributed by atoms with Crippen LogP contribution in [0.2, 0.25) is 0 Å². The molecule has 238 valence electrons. The summed E-state index contributed by atoms with van der Waals surface area (Å²) in [6.45, 7) is 3.98. The SMILES string of the molecule is COc1cc2nccc(Oc3ccc(NC(=O)/C(=C/N(C=O)C(C)C)C(=O)N(C)c4cccc(F)c4)cc3F)c2c2c1OCCO2. The van der Waals surface area contributed by atoms with E-state index in [1.807, 2.05) is 0 Å². The van der Waals surface area contributed by atoms with Crippen LogP contribution in [-0.2, 0) is 14.4 Å². The van der Waals surface area contributed by atoms with E-state index in [2.05, 4.69) is 10.3 Å². The number of rotatable bonds is 10. The Morgan fingerprint density at radius 1 is 1.00 bits per heavy atom. The van der Waals surface area contributed by atoms with Crippen LogP contribution < -0.4 is 29.2 Å². The smallest absolute Gasteiger partial charge is 0.265 e. The van der Waals surface area contributed by atoms with Gasteiger partial charge in [0.05, 0.1) is 18.0 Å². The number of nitrogens with one attached hydrogen (secondary N) is 1. The molecule has 1 aliphatic rings. The topological polar surface area (TPSA) is 120 Å². The Bertz CT molecular complexity index is 1850. The Kier molecular flexibility index (Phi) is 9.31. The number of pyridine rings is 1. The van der Waals surface area contributed by atoms with Crippen molar-refractivity contribution in [3.8, 4) is 28.7 Å². The number of ether oxygens (including phenoxy) is 4. The van der Waals surface area contributed by atoms with E-state index in [1.165, 1.54) is 50.7 Å². The predicted molar refractivity (Wildman–Crippen MR) is 165 cm³/mol. The fraction of sp³-hybridized carbons (Fsp3) is 0.212. The van der Waals surface area contributed by atoms with Gasteiger partial charge in [-0.15, -0.1) is 0 Å². The molecule has 0 saturated carbocycles. The summed E-state index contributed by atoms with van der Waals surface area (Å²) in [5.41, 5.74) is 0.209. The maximum atomic E-state index is 15.4.